The molecule has 0 atom stereocenters. The summed E-state index contributed by atoms with van der Waals surface area (Å²) in [7, 11) is 3.41. The van der Waals surface area contributed by atoms with Crippen LogP contribution in [-0.4, -0.2) is 34.5 Å². The molecule has 0 saturated heterocycles. The molecular weight excluding hydrogens is 242 g/mol. The minimum Gasteiger partial charge on any atom is -0.345 e. The third-order valence-corrected chi connectivity index (χ3v) is 3.08. The Morgan fingerprint density at radius 2 is 2.05 bits per heavy atom. The highest BCUT2D eigenvalue weighted by molar-refractivity contribution is 5.97. The summed E-state index contributed by atoms with van der Waals surface area (Å²) in [6, 6.07) is 5.24. The molecule has 5 nitrogen and oxygen atoms in total. The van der Waals surface area contributed by atoms with Gasteiger partial charge in [0.25, 0.3) is 11.5 Å². The van der Waals surface area contributed by atoms with E-state index in [4.69, 9.17) is 0 Å². The fourth-order valence-corrected chi connectivity index (χ4v) is 2.08. The molecule has 0 radical (unpaired) electrons. The molecule has 1 heterocycles. The molecular formula is C14H17N3O2. The summed E-state index contributed by atoms with van der Waals surface area (Å²) in [5.41, 5.74) is 2.37. The van der Waals surface area contributed by atoms with E-state index < -0.39 is 0 Å². The van der Waals surface area contributed by atoms with E-state index in [0.29, 0.717) is 23.3 Å². The summed E-state index contributed by atoms with van der Waals surface area (Å²) in [6.45, 7) is 4.19. The van der Waals surface area contributed by atoms with Gasteiger partial charge in [-0.1, -0.05) is 0 Å². The quantitative estimate of drug-likeness (QED) is 0.819. The lowest BCUT2D eigenvalue weighted by Crippen LogP contribution is -2.24. The number of carbonyl (C=O) groups excluding carboxylic acids is 1. The molecule has 1 amide bonds. The molecule has 1 aromatic carbocycles. The molecule has 0 aliphatic rings. The van der Waals surface area contributed by atoms with Crippen molar-refractivity contribution in [3.8, 4) is 0 Å². The van der Waals surface area contributed by atoms with E-state index >= 15 is 0 Å². The standard InChI is InChI=1S/C14H17N3O2/c1-5-17-12-7-6-10(14(19)16(3)4)8-11(12)15-9(2)13(17)18/h6-8H,5H2,1-4H3. The van der Waals surface area contributed by atoms with Crippen molar-refractivity contribution in [2.24, 2.45) is 0 Å². The van der Waals surface area contributed by atoms with Crippen LogP contribution in [0.4, 0.5) is 0 Å². The third kappa shape index (κ3) is 2.23. The number of hydrogen-bond acceptors (Lipinski definition) is 3. The Morgan fingerprint density at radius 1 is 1.37 bits per heavy atom. The van der Waals surface area contributed by atoms with Crippen molar-refractivity contribution >= 4 is 16.9 Å². The first-order chi connectivity index (χ1) is 8.95. The zero-order valence-corrected chi connectivity index (χ0v) is 11.6. The Bertz CT molecular complexity index is 702. The number of fused-ring (bicyclic) bond motifs is 1. The average molecular weight is 259 g/mol. The fraction of sp³-hybridized carbons (Fsp3) is 0.357. The average Bonchev–Trinajstić information content (AvgIpc) is 2.38. The van der Waals surface area contributed by atoms with Crippen LogP contribution in [0.5, 0.6) is 0 Å². The molecule has 0 saturated carbocycles. The second kappa shape index (κ2) is 4.84. The van der Waals surface area contributed by atoms with E-state index in [1.165, 1.54) is 4.90 Å². The number of rotatable bonds is 2. The first-order valence-corrected chi connectivity index (χ1v) is 6.18. The van der Waals surface area contributed by atoms with Crippen LogP contribution in [0.1, 0.15) is 23.0 Å². The first kappa shape index (κ1) is 13.3. The summed E-state index contributed by atoms with van der Waals surface area (Å²) < 4.78 is 1.67. The maximum absolute atomic E-state index is 12.0. The predicted molar refractivity (Wildman–Crippen MR) is 74.4 cm³/mol. The number of hydrogen-bond donors (Lipinski definition) is 0. The molecule has 100 valence electrons. The normalized spacial score (nSPS) is 10.7. The Kier molecular flexibility index (Phi) is 3.38. The van der Waals surface area contributed by atoms with Gasteiger partial charge in [-0.05, 0) is 32.0 Å². The van der Waals surface area contributed by atoms with E-state index in [1.54, 1.807) is 43.8 Å². The minimum absolute atomic E-state index is 0.0735. The van der Waals surface area contributed by atoms with E-state index in [1.807, 2.05) is 6.92 Å². The van der Waals surface area contributed by atoms with Crippen molar-refractivity contribution in [2.45, 2.75) is 20.4 Å². The fourth-order valence-electron chi connectivity index (χ4n) is 2.08. The van der Waals surface area contributed by atoms with Crippen molar-refractivity contribution < 1.29 is 4.79 Å². The van der Waals surface area contributed by atoms with Gasteiger partial charge in [0.2, 0.25) is 0 Å². The van der Waals surface area contributed by atoms with Gasteiger partial charge in [-0.25, -0.2) is 4.98 Å². The smallest absolute Gasteiger partial charge is 0.272 e. The van der Waals surface area contributed by atoms with Crippen LogP contribution < -0.4 is 5.56 Å². The molecule has 0 fully saturated rings. The molecule has 0 aliphatic heterocycles. The molecule has 19 heavy (non-hydrogen) atoms. The summed E-state index contributed by atoms with van der Waals surface area (Å²) in [4.78, 5) is 29.7. The lowest BCUT2D eigenvalue weighted by molar-refractivity contribution is 0.0827. The number of benzene rings is 1. The molecule has 0 N–H and O–H groups in total. The Hall–Kier alpha value is -2.17. The maximum Gasteiger partial charge on any atom is 0.272 e. The van der Waals surface area contributed by atoms with Crippen LogP contribution >= 0.6 is 0 Å². The van der Waals surface area contributed by atoms with Crippen molar-refractivity contribution in [1.82, 2.24) is 14.5 Å². The number of carbonyl (C=O) groups is 1. The molecule has 1 aromatic heterocycles. The lowest BCUT2D eigenvalue weighted by atomic mass is 10.1. The second-order valence-electron chi connectivity index (χ2n) is 4.65. The first-order valence-electron chi connectivity index (χ1n) is 6.18. The Morgan fingerprint density at radius 3 is 2.63 bits per heavy atom. The number of aromatic nitrogens is 2. The van der Waals surface area contributed by atoms with Crippen molar-refractivity contribution in [3.05, 3.63) is 39.8 Å². The van der Waals surface area contributed by atoms with Gasteiger partial charge in [0, 0.05) is 26.2 Å². The van der Waals surface area contributed by atoms with E-state index in [0.717, 1.165) is 5.52 Å². The molecule has 2 rings (SSSR count). The Labute approximate surface area is 111 Å². The molecule has 0 unspecified atom stereocenters. The number of amides is 1. The van der Waals surface area contributed by atoms with Crippen molar-refractivity contribution in [2.75, 3.05) is 14.1 Å². The molecule has 5 heteroatoms. The van der Waals surface area contributed by atoms with Gasteiger partial charge < -0.3 is 9.47 Å². The van der Waals surface area contributed by atoms with Gasteiger partial charge in [0.15, 0.2) is 0 Å². The highest BCUT2D eigenvalue weighted by Crippen LogP contribution is 2.14. The van der Waals surface area contributed by atoms with Crippen LogP contribution in [0.2, 0.25) is 0 Å². The third-order valence-electron chi connectivity index (χ3n) is 3.08. The van der Waals surface area contributed by atoms with E-state index in [9.17, 15) is 9.59 Å². The van der Waals surface area contributed by atoms with Gasteiger partial charge in [-0.3, -0.25) is 9.59 Å². The highest BCUT2D eigenvalue weighted by atomic mass is 16.2. The van der Waals surface area contributed by atoms with Crippen LogP contribution in [0, 0.1) is 6.92 Å². The van der Waals surface area contributed by atoms with Crippen LogP contribution in [-0.2, 0) is 6.54 Å². The molecule has 2 aromatic rings. The number of nitrogens with zero attached hydrogens (tertiary/aromatic N) is 3. The largest absolute Gasteiger partial charge is 0.345 e. The van der Waals surface area contributed by atoms with Crippen LogP contribution in [0.3, 0.4) is 0 Å². The molecule has 0 aliphatic carbocycles. The predicted octanol–water partition coefficient (Wildman–Crippen LogP) is 1.43. The van der Waals surface area contributed by atoms with Crippen LogP contribution in [0.15, 0.2) is 23.0 Å². The molecule has 0 bridgehead atoms. The highest BCUT2D eigenvalue weighted by Gasteiger charge is 2.12. The van der Waals surface area contributed by atoms with Gasteiger partial charge in [0.05, 0.1) is 11.0 Å². The monoisotopic (exact) mass is 259 g/mol. The zero-order chi connectivity index (χ0) is 14.2. The van der Waals surface area contributed by atoms with Gasteiger partial charge in [0.1, 0.15) is 5.69 Å². The summed E-state index contributed by atoms with van der Waals surface area (Å²) >= 11 is 0. The van der Waals surface area contributed by atoms with Gasteiger partial charge in [-0.2, -0.15) is 0 Å². The maximum atomic E-state index is 12.0. The Balaban J connectivity index is 2.72. The second-order valence-corrected chi connectivity index (χ2v) is 4.65. The number of aryl methyl sites for hydroxylation is 2. The summed E-state index contributed by atoms with van der Waals surface area (Å²) in [6.07, 6.45) is 0. The summed E-state index contributed by atoms with van der Waals surface area (Å²) in [5, 5.41) is 0. The van der Waals surface area contributed by atoms with Crippen molar-refractivity contribution in [3.63, 3.8) is 0 Å². The lowest BCUT2D eigenvalue weighted by Gasteiger charge is -2.12. The summed E-state index contributed by atoms with van der Waals surface area (Å²) in [5.74, 6) is -0.0735. The SMILES string of the molecule is CCn1c(=O)c(C)nc2cc(C(=O)N(C)C)ccc21. The van der Waals surface area contributed by atoms with Crippen LogP contribution in [0.25, 0.3) is 11.0 Å². The molecule has 0 spiro atoms. The van der Waals surface area contributed by atoms with Gasteiger partial charge in [-0.15, -0.1) is 0 Å². The topological polar surface area (TPSA) is 55.2 Å². The zero-order valence-electron chi connectivity index (χ0n) is 11.6. The van der Waals surface area contributed by atoms with E-state index in [-0.39, 0.29) is 11.5 Å². The van der Waals surface area contributed by atoms with Gasteiger partial charge >= 0.3 is 0 Å². The van der Waals surface area contributed by atoms with Crippen molar-refractivity contribution in [1.29, 1.82) is 0 Å². The van der Waals surface area contributed by atoms with E-state index in [2.05, 4.69) is 4.98 Å². The minimum atomic E-state index is -0.0818.